The van der Waals surface area contributed by atoms with Crippen molar-refractivity contribution in [3.63, 3.8) is 0 Å². The molecule has 0 spiro atoms. The highest BCUT2D eigenvalue weighted by atomic mass is 16.2. The zero-order valence-electron chi connectivity index (χ0n) is 13.0. The zero-order valence-corrected chi connectivity index (χ0v) is 13.0. The molecule has 116 valence electrons. The van der Waals surface area contributed by atoms with E-state index in [4.69, 9.17) is 0 Å². The molecule has 4 fully saturated rings. The Bertz CT molecular complexity index is 591. The van der Waals surface area contributed by atoms with E-state index >= 15 is 0 Å². The van der Waals surface area contributed by atoms with Gasteiger partial charge in [0.2, 0.25) is 5.91 Å². The summed E-state index contributed by atoms with van der Waals surface area (Å²) in [6, 6.07) is 0. The molecule has 6 rings (SSSR count). The summed E-state index contributed by atoms with van der Waals surface area (Å²) in [4.78, 5) is 23.9. The number of carbonyl (C=O) groups excluding carboxylic acids is 1. The molecule has 4 heteroatoms. The first kappa shape index (κ1) is 13.0. The highest BCUT2D eigenvalue weighted by Gasteiger charge is 2.55. The Kier molecular flexibility index (Phi) is 2.68. The minimum absolute atomic E-state index is 0.0120. The highest BCUT2D eigenvalue weighted by Crippen LogP contribution is 2.60. The second-order valence-corrected chi connectivity index (χ2v) is 8.17. The fourth-order valence-electron chi connectivity index (χ4n) is 6.15. The highest BCUT2D eigenvalue weighted by molar-refractivity contribution is 5.83. The van der Waals surface area contributed by atoms with Crippen LogP contribution in [-0.4, -0.2) is 27.3 Å². The van der Waals surface area contributed by atoms with E-state index in [1.54, 1.807) is 6.33 Å². The van der Waals surface area contributed by atoms with E-state index in [1.807, 2.05) is 6.20 Å². The van der Waals surface area contributed by atoms with Gasteiger partial charge in [-0.3, -0.25) is 4.79 Å². The van der Waals surface area contributed by atoms with Crippen molar-refractivity contribution in [1.29, 1.82) is 0 Å². The molecule has 0 atom stereocenters. The molecule has 0 unspecified atom stereocenters. The second kappa shape index (κ2) is 4.53. The SMILES string of the molecule is O=C(N1CCc2ncncc2C1)C12CC3CC(CC(C3)C1)C2. The lowest BCUT2D eigenvalue weighted by molar-refractivity contribution is -0.158. The minimum atomic E-state index is -0.0120. The van der Waals surface area contributed by atoms with E-state index in [1.165, 1.54) is 19.3 Å². The molecular weight excluding hydrogens is 274 g/mol. The van der Waals surface area contributed by atoms with Gasteiger partial charge in [0, 0.05) is 31.3 Å². The van der Waals surface area contributed by atoms with Gasteiger partial charge in [0.1, 0.15) is 6.33 Å². The van der Waals surface area contributed by atoms with Crippen LogP contribution in [0.5, 0.6) is 0 Å². The molecule has 2 heterocycles. The topological polar surface area (TPSA) is 46.1 Å². The molecule has 0 aromatic carbocycles. The van der Waals surface area contributed by atoms with Crippen LogP contribution in [0.4, 0.5) is 0 Å². The Morgan fingerprint density at radius 3 is 2.50 bits per heavy atom. The summed E-state index contributed by atoms with van der Waals surface area (Å²) in [6.45, 7) is 1.56. The standard InChI is InChI=1S/C18H23N3O/c22-17(21-2-1-16-15(10-21)9-19-11-20-16)18-6-12-3-13(7-18)5-14(4-12)8-18/h9,11-14H,1-8,10H2. The Balaban J connectivity index is 1.41. The molecule has 0 radical (unpaired) electrons. The van der Waals surface area contributed by atoms with Crippen molar-refractivity contribution in [2.45, 2.75) is 51.5 Å². The van der Waals surface area contributed by atoms with Crippen molar-refractivity contribution in [3.05, 3.63) is 23.8 Å². The molecule has 1 aliphatic heterocycles. The number of aromatic nitrogens is 2. The van der Waals surface area contributed by atoms with Crippen molar-refractivity contribution in [2.75, 3.05) is 6.54 Å². The van der Waals surface area contributed by atoms with Gasteiger partial charge in [0.05, 0.1) is 11.1 Å². The molecule has 1 aromatic rings. The molecule has 4 nitrogen and oxygen atoms in total. The number of carbonyl (C=O) groups is 1. The summed E-state index contributed by atoms with van der Waals surface area (Å²) in [7, 11) is 0. The van der Waals surface area contributed by atoms with E-state index in [-0.39, 0.29) is 5.41 Å². The third-order valence-electron chi connectivity index (χ3n) is 6.64. The first-order chi connectivity index (χ1) is 10.7. The third kappa shape index (κ3) is 1.85. The largest absolute Gasteiger partial charge is 0.337 e. The summed E-state index contributed by atoms with van der Waals surface area (Å²) >= 11 is 0. The van der Waals surface area contributed by atoms with Crippen LogP contribution in [0.2, 0.25) is 0 Å². The van der Waals surface area contributed by atoms with Crippen LogP contribution in [0.15, 0.2) is 12.5 Å². The van der Waals surface area contributed by atoms with E-state index in [2.05, 4.69) is 14.9 Å². The summed E-state index contributed by atoms with van der Waals surface area (Å²) in [6.07, 6.45) is 12.0. The summed E-state index contributed by atoms with van der Waals surface area (Å²) in [5.41, 5.74) is 2.26. The van der Waals surface area contributed by atoms with E-state index in [0.29, 0.717) is 5.91 Å². The van der Waals surface area contributed by atoms with Gasteiger partial charge in [-0.05, 0) is 56.3 Å². The van der Waals surface area contributed by atoms with Gasteiger partial charge in [-0.25, -0.2) is 9.97 Å². The first-order valence-corrected chi connectivity index (χ1v) is 8.79. The fraction of sp³-hybridized carbons (Fsp3) is 0.722. The van der Waals surface area contributed by atoms with Gasteiger partial charge in [0.15, 0.2) is 0 Å². The maximum atomic E-state index is 13.3. The predicted molar refractivity (Wildman–Crippen MR) is 81.8 cm³/mol. The Hall–Kier alpha value is -1.45. The fourth-order valence-corrected chi connectivity index (χ4v) is 6.15. The Morgan fingerprint density at radius 1 is 1.14 bits per heavy atom. The number of fused-ring (bicyclic) bond motifs is 1. The molecular formula is C18H23N3O. The molecule has 1 amide bonds. The molecule has 4 saturated carbocycles. The summed E-state index contributed by atoms with van der Waals surface area (Å²) in [5, 5.41) is 0. The predicted octanol–water partition coefficient (Wildman–Crippen LogP) is 2.58. The minimum Gasteiger partial charge on any atom is -0.337 e. The number of rotatable bonds is 1. The maximum Gasteiger partial charge on any atom is 0.229 e. The number of hydrogen-bond acceptors (Lipinski definition) is 3. The second-order valence-electron chi connectivity index (χ2n) is 8.17. The van der Waals surface area contributed by atoms with Crippen LogP contribution in [0.3, 0.4) is 0 Å². The van der Waals surface area contributed by atoms with Crippen LogP contribution in [-0.2, 0) is 17.8 Å². The van der Waals surface area contributed by atoms with Gasteiger partial charge in [-0.1, -0.05) is 0 Å². The molecule has 0 saturated heterocycles. The average Bonchev–Trinajstić information content (AvgIpc) is 2.52. The molecule has 1 aromatic heterocycles. The monoisotopic (exact) mass is 297 g/mol. The molecule has 0 N–H and O–H groups in total. The van der Waals surface area contributed by atoms with Crippen molar-refractivity contribution < 1.29 is 4.79 Å². The number of amides is 1. The smallest absolute Gasteiger partial charge is 0.229 e. The van der Waals surface area contributed by atoms with Gasteiger partial charge in [-0.2, -0.15) is 0 Å². The van der Waals surface area contributed by atoms with Crippen molar-refractivity contribution in [3.8, 4) is 0 Å². The third-order valence-corrected chi connectivity index (χ3v) is 6.64. The van der Waals surface area contributed by atoms with Gasteiger partial charge in [0.25, 0.3) is 0 Å². The van der Waals surface area contributed by atoms with E-state index in [0.717, 1.165) is 67.8 Å². The van der Waals surface area contributed by atoms with E-state index < -0.39 is 0 Å². The van der Waals surface area contributed by atoms with E-state index in [9.17, 15) is 4.79 Å². The first-order valence-electron chi connectivity index (χ1n) is 8.79. The van der Waals surface area contributed by atoms with Gasteiger partial charge >= 0.3 is 0 Å². The lowest BCUT2D eigenvalue weighted by Gasteiger charge is -2.56. The quantitative estimate of drug-likeness (QED) is 0.800. The normalized spacial score (nSPS) is 38.9. The van der Waals surface area contributed by atoms with Crippen LogP contribution < -0.4 is 0 Å². The molecule has 22 heavy (non-hydrogen) atoms. The average molecular weight is 297 g/mol. The van der Waals surface area contributed by atoms with Crippen LogP contribution in [0.25, 0.3) is 0 Å². The zero-order chi connectivity index (χ0) is 14.7. The summed E-state index contributed by atoms with van der Waals surface area (Å²) in [5.74, 6) is 2.93. The van der Waals surface area contributed by atoms with Gasteiger partial charge < -0.3 is 4.90 Å². The van der Waals surface area contributed by atoms with Crippen LogP contribution >= 0.6 is 0 Å². The van der Waals surface area contributed by atoms with Crippen molar-refractivity contribution in [1.82, 2.24) is 14.9 Å². The molecule has 4 bridgehead atoms. The van der Waals surface area contributed by atoms with Gasteiger partial charge in [-0.15, -0.1) is 0 Å². The maximum absolute atomic E-state index is 13.3. The molecule has 4 aliphatic carbocycles. The van der Waals surface area contributed by atoms with Crippen molar-refractivity contribution in [2.24, 2.45) is 23.2 Å². The Morgan fingerprint density at radius 2 is 1.82 bits per heavy atom. The van der Waals surface area contributed by atoms with Crippen LogP contribution in [0, 0.1) is 23.2 Å². The molecule has 5 aliphatic rings. The number of hydrogen-bond donors (Lipinski definition) is 0. The number of nitrogens with zero attached hydrogens (tertiary/aromatic N) is 3. The Labute approximate surface area is 131 Å². The van der Waals surface area contributed by atoms with Crippen molar-refractivity contribution >= 4 is 5.91 Å². The lowest BCUT2D eigenvalue weighted by Crippen LogP contribution is -2.55. The lowest BCUT2D eigenvalue weighted by atomic mass is 9.49. The van der Waals surface area contributed by atoms with Crippen LogP contribution in [0.1, 0.15) is 49.8 Å². The summed E-state index contributed by atoms with van der Waals surface area (Å²) < 4.78 is 0.